The van der Waals surface area contributed by atoms with Gasteiger partial charge in [0.1, 0.15) is 5.92 Å². The van der Waals surface area contributed by atoms with Crippen molar-refractivity contribution in [1.29, 1.82) is 10.5 Å². The van der Waals surface area contributed by atoms with Crippen molar-refractivity contribution in [3.8, 4) is 12.1 Å². The van der Waals surface area contributed by atoms with Gasteiger partial charge in [0.15, 0.2) is 0 Å². The molecular formula is C25H30N4O2S. The van der Waals surface area contributed by atoms with Crippen molar-refractivity contribution in [3.63, 3.8) is 0 Å². The van der Waals surface area contributed by atoms with Gasteiger partial charge in [-0.05, 0) is 61.6 Å². The summed E-state index contributed by atoms with van der Waals surface area (Å²) in [5.74, 6) is -0.931. The summed E-state index contributed by atoms with van der Waals surface area (Å²) in [4.78, 5) is 25.3. The third kappa shape index (κ3) is 4.84. The Morgan fingerprint density at radius 3 is 2.53 bits per heavy atom. The smallest absolute Gasteiger partial charge is 0.243 e. The van der Waals surface area contributed by atoms with Gasteiger partial charge in [-0.2, -0.15) is 10.5 Å². The summed E-state index contributed by atoms with van der Waals surface area (Å²) in [6, 6.07) is 12.0. The molecule has 1 spiro atoms. The number of amides is 2. The molecule has 3 rings (SSSR count). The number of nitrogens with zero attached hydrogens (tertiary/aromatic N) is 2. The Kier molecular flexibility index (Phi) is 7.00. The van der Waals surface area contributed by atoms with Crippen LogP contribution < -0.4 is 10.6 Å². The number of anilines is 1. The number of aryl methyl sites for hydroxylation is 1. The Balaban J connectivity index is 1.81. The maximum Gasteiger partial charge on any atom is 0.243 e. The molecule has 1 aromatic carbocycles. The molecule has 1 aliphatic heterocycles. The van der Waals surface area contributed by atoms with Gasteiger partial charge in [-0.3, -0.25) is 9.59 Å². The molecule has 2 amide bonds. The first kappa shape index (κ1) is 23.9. The van der Waals surface area contributed by atoms with Crippen LogP contribution in [0, 0.1) is 52.3 Å². The summed E-state index contributed by atoms with van der Waals surface area (Å²) in [7, 11) is 0. The van der Waals surface area contributed by atoms with Crippen molar-refractivity contribution >= 4 is 29.3 Å². The molecule has 2 aliphatic rings. The average Bonchev–Trinajstić information content (AvgIpc) is 2.72. The predicted molar refractivity (Wildman–Crippen MR) is 126 cm³/mol. The highest BCUT2D eigenvalue weighted by Crippen LogP contribution is 2.55. The molecule has 1 unspecified atom stereocenters. The lowest BCUT2D eigenvalue weighted by Crippen LogP contribution is -2.49. The standard InChI is InChI=1S/C25H30N4O2S/c1-16-6-5-7-18(12-16)28-21(30)15-32-23-20(14-27)25(19(13-26)22(31)29-23)10-8-17(9-11-25)24(2,3)4/h5-7,12,17,19H,8-11,15H2,1-4H3,(H,28,30)(H,29,31). The molecule has 0 radical (unpaired) electrons. The van der Waals surface area contributed by atoms with E-state index < -0.39 is 11.3 Å². The molecule has 32 heavy (non-hydrogen) atoms. The second-order valence-corrected chi connectivity index (χ2v) is 10.9. The van der Waals surface area contributed by atoms with Crippen molar-refractivity contribution < 1.29 is 9.59 Å². The summed E-state index contributed by atoms with van der Waals surface area (Å²) < 4.78 is 0. The number of thioether (sulfide) groups is 1. The van der Waals surface area contributed by atoms with Crippen molar-refractivity contribution in [3.05, 3.63) is 40.4 Å². The highest BCUT2D eigenvalue weighted by atomic mass is 32.2. The quantitative estimate of drug-likeness (QED) is 0.679. The summed E-state index contributed by atoms with van der Waals surface area (Å²) in [5.41, 5.74) is 1.56. The van der Waals surface area contributed by atoms with E-state index in [4.69, 9.17) is 0 Å². The summed E-state index contributed by atoms with van der Waals surface area (Å²) in [5, 5.41) is 25.9. The Bertz CT molecular complexity index is 1020. The first-order valence-electron chi connectivity index (χ1n) is 11.0. The van der Waals surface area contributed by atoms with Gasteiger partial charge in [0.2, 0.25) is 11.8 Å². The lowest BCUT2D eigenvalue weighted by atomic mass is 9.56. The number of carbonyl (C=O) groups excluding carboxylic acids is 2. The van der Waals surface area contributed by atoms with E-state index in [1.807, 2.05) is 31.2 Å². The fourth-order valence-corrected chi connectivity index (χ4v) is 5.83. The molecule has 1 aliphatic carbocycles. The van der Waals surface area contributed by atoms with Crippen molar-refractivity contribution in [2.24, 2.45) is 22.7 Å². The highest BCUT2D eigenvalue weighted by Gasteiger charge is 2.53. The molecule has 0 bridgehead atoms. The van der Waals surface area contributed by atoms with Crippen LogP contribution in [-0.4, -0.2) is 17.6 Å². The van der Waals surface area contributed by atoms with E-state index >= 15 is 0 Å². The van der Waals surface area contributed by atoms with Crippen LogP contribution in [0.5, 0.6) is 0 Å². The SMILES string of the molecule is Cc1cccc(NC(=O)CSC2=C(C#N)C3(CCC(C(C)(C)C)CC3)C(C#N)C(=O)N2)c1. The van der Waals surface area contributed by atoms with E-state index in [2.05, 4.69) is 43.5 Å². The summed E-state index contributed by atoms with van der Waals surface area (Å²) in [6.45, 7) is 8.58. The van der Waals surface area contributed by atoms with Crippen LogP contribution in [0.3, 0.4) is 0 Å². The Labute approximate surface area is 194 Å². The van der Waals surface area contributed by atoms with E-state index in [1.54, 1.807) is 0 Å². The number of hydrogen-bond acceptors (Lipinski definition) is 5. The fraction of sp³-hybridized carbons (Fsp3) is 0.520. The zero-order valence-corrected chi connectivity index (χ0v) is 19.9. The lowest BCUT2D eigenvalue weighted by molar-refractivity contribution is -0.127. The van der Waals surface area contributed by atoms with Crippen molar-refractivity contribution in [1.82, 2.24) is 5.32 Å². The zero-order valence-electron chi connectivity index (χ0n) is 19.1. The largest absolute Gasteiger partial charge is 0.325 e. The zero-order chi connectivity index (χ0) is 23.5. The number of nitriles is 2. The Morgan fingerprint density at radius 1 is 1.28 bits per heavy atom. The first-order valence-corrected chi connectivity index (χ1v) is 11.9. The van der Waals surface area contributed by atoms with Crippen molar-refractivity contribution in [2.75, 3.05) is 11.1 Å². The molecule has 7 heteroatoms. The normalized spacial score (nSPS) is 25.6. The van der Waals surface area contributed by atoms with Crippen LogP contribution in [0.15, 0.2) is 34.9 Å². The van der Waals surface area contributed by atoms with Gasteiger partial charge >= 0.3 is 0 Å². The molecule has 1 aromatic rings. The third-order valence-electron chi connectivity index (χ3n) is 6.77. The lowest BCUT2D eigenvalue weighted by Gasteiger charge is -2.47. The van der Waals surface area contributed by atoms with Gasteiger partial charge in [-0.15, -0.1) is 0 Å². The fourth-order valence-electron chi connectivity index (χ4n) is 4.92. The van der Waals surface area contributed by atoms with Gasteiger partial charge in [0, 0.05) is 11.1 Å². The van der Waals surface area contributed by atoms with Gasteiger partial charge in [0.05, 0.1) is 28.5 Å². The third-order valence-corrected chi connectivity index (χ3v) is 7.77. The molecule has 0 saturated heterocycles. The van der Waals surface area contributed by atoms with Crippen LogP contribution in [0.4, 0.5) is 5.69 Å². The minimum Gasteiger partial charge on any atom is -0.325 e. The van der Waals surface area contributed by atoms with Crippen LogP contribution in [0.2, 0.25) is 0 Å². The second kappa shape index (κ2) is 9.38. The number of hydrogen-bond donors (Lipinski definition) is 2. The first-order chi connectivity index (χ1) is 15.1. The summed E-state index contributed by atoms with van der Waals surface area (Å²) in [6.07, 6.45) is 2.99. The predicted octanol–water partition coefficient (Wildman–Crippen LogP) is 4.89. The summed E-state index contributed by atoms with van der Waals surface area (Å²) >= 11 is 1.16. The highest BCUT2D eigenvalue weighted by molar-refractivity contribution is 8.03. The van der Waals surface area contributed by atoms with E-state index in [0.29, 0.717) is 35.0 Å². The van der Waals surface area contributed by atoms with E-state index in [9.17, 15) is 20.1 Å². The molecule has 1 atom stereocenters. The van der Waals surface area contributed by atoms with Gasteiger partial charge in [-0.25, -0.2) is 0 Å². The van der Waals surface area contributed by atoms with Crippen LogP contribution in [0.25, 0.3) is 0 Å². The molecule has 1 heterocycles. The average molecular weight is 451 g/mol. The van der Waals surface area contributed by atoms with Crippen LogP contribution in [-0.2, 0) is 9.59 Å². The number of carbonyl (C=O) groups is 2. The second-order valence-electron chi connectivity index (χ2n) is 9.87. The molecule has 0 aromatic heterocycles. The maximum absolute atomic E-state index is 12.8. The number of allylic oxidation sites excluding steroid dienone is 1. The molecule has 168 valence electrons. The minimum absolute atomic E-state index is 0.0622. The number of benzene rings is 1. The number of rotatable bonds is 4. The minimum atomic E-state index is -0.886. The van der Waals surface area contributed by atoms with Gasteiger partial charge in [-0.1, -0.05) is 44.7 Å². The molecular weight excluding hydrogens is 420 g/mol. The van der Waals surface area contributed by atoms with E-state index in [0.717, 1.165) is 30.2 Å². The molecule has 1 saturated carbocycles. The van der Waals surface area contributed by atoms with Gasteiger partial charge < -0.3 is 10.6 Å². The number of nitrogens with one attached hydrogen (secondary N) is 2. The maximum atomic E-state index is 12.8. The Morgan fingerprint density at radius 2 is 1.97 bits per heavy atom. The molecule has 6 nitrogen and oxygen atoms in total. The van der Waals surface area contributed by atoms with Gasteiger partial charge in [0.25, 0.3) is 0 Å². The monoisotopic (exact) mass is 450 g/mol. The van der Waals surface area contributed by atoms with Crippen LogP contribution in [0.1, 0.15) is 52.0 Å². The topological polar surface area (TPSA) is 106 Å². The van der Waals surface area contributed by atoms with E-state index in [1.165, 1.54) is 0 Å². The molecule has 1 fully saturated rings. The van der Waals surface area contributed by atoms with Crippen LogP contribution >= 0.6 is 11.8 Å². The van der Waals surface area contributed by atoms with E-state index in [-0.39, 0.29) is 23.0 Å². The van der Waals surface area contributed by atoms with Crippen molar-refractivity contribution in [2.45, 2.75) is 53.4 Å². The molecule has 2 N–H and O–H groups in total. The Hall–Kier alpha value is -2.77.